The molecule has 3 aromatic rings. The van der Waals surface area contributed by atoms with Gasteiger partial charge in [-0.2, -0.15) is 0 Å². The summed E-state index contributed by atoms with van der Waals surface area (Å²) in [4.78, 5) is 15.5. The van der Waals surface area contributed by atoms with Crippen LogP contribution in [-0.4, -0.2) is 19.7 Å². The van der Waals surface area contributed by atoms with E-state index in [2.05, 4.69) is 15.2 Å². The molecule has 0 bridgehead atoms. The van der Waals surface area contributed by atoms with E-state index < -0.39 is 0 Å². The van der Waals surface area contributed by atoms with Crippen molar-refractivity contribution in [3.8, 4) is 11.5 Å². The van der Waals surface area contributed by atoms with E-state index in [0.29, 0.717) is 5.69 Å². The molecule has 3 rings (SSSR count). The van der Waals surface area contributed by atoms with E-state index in [1.54, 1.807) is 0 Å². The van der Waals surface area contributed by atoms with Crippen molar-refractivity contribution in [3.63, 3.8) is 0 Å². The van der Waals surface area contributed by atoms with Crippen LogP contribution in [0.5, 0.6) is 0 Å². The fourth-order valence-corrected chi connectivity index (χ4v) is 1.84. The standard InChI is InChI=1S/C11H10N4O/c1-15-9-5-3-2-4-7(9)12-11(15)8-6-10(16)14-13-8/h2-6H,1H3,(H2,13,14,16). The van der Waals surface area contributed by atoms with Gasteiger partial charge in [0.15, 0.2) is 5.82 Å². The van der Waals surface area contributed by atoms with Crippen molar-refractivity contribution in [1.82, 2.24) is 19.7 Å². The Bertz CT molecular complexity index is 704. The molecule has 0 saturated heterocycles. The maximum Gasteiger partial charge on any atom is 0.264 e. The quantitative estimate of drug-likeness (QED) is 0.640. The topological polar surface area (TPSA) is 66.5 Å². The van der Waals surface area contributed by atoms with Gasteiger partial charge in [-0.3, -0.25) is 15.0 Å². The summed E-state index contributed by atoms with van der Waals surface area (Å²) in [5, 5.41) is 5.31. The van der Waals surface area contributed by atoms with Crippen molar-refractivity contribution in [3.05, 3.63) is 40.7 Å². The summed E-state index contributed by atoms with van der Waals surface area (Å²) in [5.74, 6) is 0.750. The van der Waals surface area contributed by atoms with Gasteiger partial charge in [-0.15, -0.1) is 0 Å². The molecule has 0 spiro atoms. The monoisotopic (exact) mass is 214 g/mol. The first kappa shape index (κ1) is 8.96. The number of rotatable bonds is 1. The Labute approximate surface area is 90.7 Å². The number of fused-ring (bicyclic) bond motifs is 1. The molecule has 0 aliphatic heterocycles. The normalized spacial score (nSPS) is 11.1. The van der Waals surface area contributed by atoms with E-state index in [-0.39, 0.29) is 5.56 Å². The van der Waals surface area contributed by atoms with Crippen LogP contribution < -0.4 is 5.56 Å². The molecule has 5 nitrogen and oxygen atoms in total. The molecular weight excluding hydrogens is 204 g/mol. The second kappa shape index (κ2) is 3.10. The highest BCUT2D eigenvalue weighted by atomic mass is 16.1. The van der Waals surface area contributed by atoms with Gasteiger partial charge < -0.3 is 4.57 Å². The van der Waals surface area contributed by atoms with E-state index in [0.717, 1.165) is 16.9 Å². The van der Waals surface area contributed by atoms with Gasteiger partial charge in [0, 0.05) is 13.1 Å². The molecule has 0 atom stereocenters. The summed E-state index contributed by atoms with van der Waals surface area (Å²) in [6.07, 6.45) is 0. The van der Waals surface area contributed by atoms with E-state index in [4.69, 9.17) is 0 Å². The zero-order chi connectivity index (χ0) is 11.1. The van der Waals surface area contributed by atoms with E-state index in [1.807, 2.05) is 35.9 Å². The molecule has 0 aliphatic rings. The highest BCUT2D eigenvalue weighted by molar-refractivity contribution is 5.79. The zero-order valence-electron chi connectivity index (χ0n) is 8.69. The summed E-state index contributed by atoms with van der Waals surface area (Å²) in [6.45, 7) is 0. The van der Waals surface area contributed by atoms with Crippen LogP contribution in [0.25, 0.3) is 22.6 Å². The number of H-pyrrole nitrogens is 2. The second-order valence-electron chi connectivity index (χ2n) is 3.66. The first-order valence-corrected chi connectivity index (χ1v) is 4.95. The van der Waals surface area contributed by atoms with Crippen LogP contribution in [0, 0.1) is 0 Å². The minimum absolute atomic E-state index is 0.151. The van der Waals surface area contributed by atoms with Crippen LogP contribution in [0.2, 0.25) is 0 Å². The Morgan fingerprint density at radius 1 is 1.25 bits per heavy atom. The summed E-state index contributed by atoms with van der Waals surface area (Å²) in [6, 6.07) is 9.36. The number of imidazole rings is 1. The Kier molecular flexibility index (Phi) is 1.73. The Morgan fingerprint density at radius 2 is 2.06 bits per heavy atom. The average Bonchev–Trinajstić information content (AvgIpc) is 2.84. The lowest BCUT2D eigenvalue weighted by Gasteiger charge is -1.98. The van der Waals surface area contributed by atoms with E-state index in [9.17, 15) is 4.79 Å². The third-order valence-electron chi connectivity index (χ3n) is 2.62. The average molecular weight is 214 g/mol. The maximum atomic E-state index is 11.1. The molecule has 0 aliphatic carbocycles. The molecule has 0 radical (unpaired) electrons. The third-order valence-corrected chi connectivity index (χ3v) is 2.62. The van der Waals surface area contributed by atoms with Crippen LogP contribution in [0.15, 0.2) is 35.1 Å². The summed E-state index contributed by atoms with van der Waals surface area (Å²) < 4.78 is 1.95. The van der Waals surface area contributed by atoms with Crippen molar-refractivity contribution in [2.45, 2.75) is 0 Å². The van der Waals surface area contributed by atoms with Crippen molar-refractivity contribution in [1.29, 1.82) is 0 Å². The van der Waals surface area contributed by atoms with Crippen LogP contribution in [-0.2, 0) is 7.05 Å². The number of aromatic amines is 2. The first-order valence-electron chi connectivity index (χ1n) is 4.95. The van der Waals surface area contributed by atoms with Gasteiger partial charge in [-0.25, -0.2) is 4.98 Å². The molecule has 0 unspecified atom stereocenters. The maximum absolute atomic E-state index is 11.1. The smallest absolute Gasteiger partial charge is 0.264 e. The Balaban J connectivity index is 2.32. The second-order valence-corrected chi connectivity index (χ2v) is 3.66. The van der Waals surface area contributed by atoms with Crippen molar-refractivity contribution < 1.29 is 0 Å². The van der Waals surface area contributed by atoms with Gasteiger partial charge in [0.05, 0.1) is 11.0 Å². The lowest BCUT2D eigenvalue weighted by Crippen LogP contribution is -1.94. The molecular formula is C11H10N4O. The van der Waals surface area contributed by atoms with Gasteiger partial charge in [-0.1, -0.05) is 12.1 Å². The SMILES string of the molecule is Cn1c(-c2cc(=O)[nH][nH]2)nc2ccccc21. The van der Waals surface area contributed by atoms with Gasteiger partial charge in [-0.05, 0) is 12.1 Å². The van der Waals surface area contributed by atoms with Crippen molar-refractivity contribution >= 4 is 11.0 Å². The first-order chi connectivity index (χ1) is 7.75. The van der Waals surface area contributed by atoms with Gasteiger partial charge in [0.1, 0.15) is 5.69 Å². The van der Waals surface area contributed by atoms with Gasteiger partial charge in [0.2, 0.25) is 0 Å². The van der Waals surface area contributed by atoms with Crippen molar-refractivity contribution in [2.75, 3.05) is 0 Å². The number of para-hydroxylation sites is 2. The number of aryl methyl sites for hydroxylation is 1. The number of hydrogen-bond acceptors (Lipinski definition) is 2. The molecule has 2 heterocycles. The molecule has 1 aromatic carbocycles. The largest absolute Gasteiger partial charge is 0.326 e. The highest BCUT2D eigenvalue weighted by Crippen LogP contribution is 2.20. The molecule has 0 amide bonds. The number of nitrogens with one attached hydrogen (secondary N) is 2. The molecule has 0 saturated carbocycles. The number of nitrogens with zero attached hydrogens (tertiary/aromatic N) is 2. The lowest BCUT2D eigenvalue weighted by molar-refractivity contribution is 0.942. The van der Waals surface area contributed by atoms with Gasteiger partial charge in [0.25, 0.3) is 5.56 Å². The van der Waals surface area contributed by atoms with Crippen molar-refractivity contribution in [2.24, 2.45) is 7.05 Å². The third kappa shape index (κ3) is 1.18. The predicted molar refractivity (Wildman–Crippen MR) is 61.1 cm³/mol. The summed E-state index contributed by atoms with van der Waals surface area (Å²) in [5.41, 5.74) is 2.51. The lowest BCUT2D eigenvalue weighted by atomic mass is 10.3. The molecule has 0 fully saturated rings. The fourth-order valence-electron chi connectivity index (χ4n) is 1.84. The number of aromatic nitrogens is 4. The predicted octanol–water partition coefficient (Wildman–Crippen LogP) is 1.26. The Hall–Kier alpha value is -2.30. The summed E-state index contributed by atoms with van der Waals surface area (Å²) in [7, 11) is 1.93. The summed E-state index contributed by atoms with van der Waals surface area (Å²) >= 11 is 0. The van der Waals surface area contributed by atoms with Gasteiger partial charge >= 0.3 is 0 Å². The molecule has 5 heteroatoms. The van der Waals surface area contributed by atoms with Crippen LogP contribution in [0.3, 0.4) is 0 Å². The van der Waals surface area contributed by atoms with E-state index >= 15 is 0 Å². The minimum Gasteiger partial charge on any atom is -0.326 e. The zero-order valence-corrected chi connectivity index (χ0v) is 8.69. The van der Waals surface area contributed by atoms with Crippen LogP contribution in [0.4, 0.5) is 0 Å². The van der Waals surface area contributed by atoms with Crippen LogP contribution in [0.1, 0.15) is 0 Å². The number of hydrogen-bond donors (Lipinski definition) is 2. The molecule has 2 aromatic heterocycles. The molecule has 80 valence electrons. The molecule has 16 heavy (non-hydrogen) atoms. The van der Waals surface area contributed by atoms with E-state index in [1.165, 1.54) is 6.07 Å². The fraction of sp³-hybridized carbons (Fsp3) is 0.0909. The number of benzene rings is 1. The van der Waals surface area contributed by atoms with Crippen LogP contribution >= 0.6 is 0 Å². The Morgan fingerprint density at radius 3 is 2.75 bits per heavy atom. The highest BCUT2D eigenvalue weighted by Gasteiger charge is 2.10. The molecule has 2 N–H and O–H groups in total. The minimum atomic E-state index is -0.151.